The zero-order valence-electron chi connectivity index (χ0n) is 18.4. The Morgan fingerprint density at radius 1 is 0.906 bits per heavy atom. The van der Waals surface area contributed by atoms with E-state index in [2.05, 4.69) is 23.0 Å². The fourth-order valence-corrected chi connectivity index (χ4v) is 4.43. The maximum atomic E-state index is 13.6. The van der Waals surface area contributed by atoms with E-state index in [-0.39, 0.29) is 11.0 Å². The highest BCUT2D eigenvalue weighted by Crippen LogP contribution is 2.39. The van der Waals surface area contributed by atoms with E-state index in [1.165, 1.54) is 12.8 Å². The van der Waals surface area contributed by atoms with Gasteiger partial charge in [0.1, 0.15) is 10.6 Å². The second-order valence-electron chi connectivity index (χ2n) is 7.49. The Morgan fingerprint density at radius 3 is 2.31 bits per heavy atom. The number of benzene rings is 2. The number of halogens is 3. The number of aryl methyl sites for hydroxylation is 1. The first-order chi connectivity index (χ1) is 15.4. The highest BCUT2D eigenvalue weighted by Gasteiger charge is 2.36. The van der Waals surface area contributed by atoms with Crippen molar-refractivity contribution in [3.8, 4) is 0 Å². The number of nitrogens with zero attached hydrogens (tertiary/aromatic N) is 3. The second kappa shape index (κ2) is 11.4. The number of unbranched alkanes of at least 4 members (excludes halogenated alkanes) is 3. The Kier molecular flexibility index (Phi) is 8.56. The summed E-state index contributed by atoms with van der Waals surface area (Å²) in [7, 11) is 0. The van der Waals surface area contributed by atoms with Gasteiger partial charge >= 0.3 is 6.18 Å². The average Bonchev–Trinajstić information content (AvgIpc) is 2.78. The average molecular weight is 460 g/mol. The van der Waals surface area contributed by atoms with E-state index in [1.54, 1.807) is 24.3 Å². The fourth-order valence-electron chi connectivity index (χ4n) is 3.51. The smallest absolute Gasteiger partial charge is 0.311 e. The topological polar surface area (TPSA) is 29.0 Å². The summed E-state index contributed by atoms with van der Waals surface area (Å²) in [5, 5.41) is -0.0902. The van der Waals surface area contributed by atoms with Gasteiger partial charge in [-0.2, -0.15) is 13.2 Å². The largest absolute Gasteiger partial charge is 0.420 e. The standard InChI is InChI=1S/C25H28F3N3S/c1-3-5-6-8-13-19-14-11-12-17-22(19)31(4-2)24-29-18-21(25(26,27)28)23(30-24)32-20-15-9-7-10-16-20/h7,9-12,14-18H,3-6,8,13H2,1-2H3. The van der Waals surface area contributed by atoms with Crippen molar-refractivity contribution in [2.24, 2.45) is 0 Å². The van der Waals surface area contributed by atoms with Crippen LogP contribution in [0.3, 0.4) is 0 Å². The molecule has 0 fully saturated rings. The Hall–Kier alpha value is -2.54. The van der Waals surface area contributed by atoms with Crippen LogP contribution in [-0.4, -0.2) is 16.5 Å². The molecular formula is C25H28F3N3S. The van der Waals surface area contributed by atoms with Crippen LogP contribution in [0.15, 0.2) is 70.7 Å². The van der Waals surface area contributed by atoms with Crippen LogP contribution in [0.2, 0.25) is 0 Å². The van der Waals surface area contributed by atoms with E-state index < -0.39 is 11.7 Å². The predicted octanol–water partition coefficient (Wildman–Crippen LogP) is 7.93. The van der Waals surface area contributed by atoms with Gasteiger partial charge in [0, 0.05) is 23.3 Å². The maximum Gasteiger partial charge on any atom is 0.420 e. The molecule has 1 aromatic heterocycles. The van der Waals surface area contributed by atoms with Gasteiger partial charge in [-0.25, -0.2) is 9.97 Å². The third kappa shape index (κ3) is 6.25. The summed E-state index contributed by atoms with van der Waals surface area (Å²) in [5.74, 6) is 0.278. The summed E-state index contributed by atoms with van der Waals surface area (Å²) in [5.41, 5.74) is 1.28. The summed E-state index contributed by atoms with van der Waals surface area (Å²) in [4.78, 5) is 11.1. The Labute approximate surface area is 192 Å². The van der Waals surface area contributed by atoms with Gasteiger partial charge in [0.2, 0.25) is 5.95 Å². The van der Waals surface area contributed by atoms with E-state index in [0.29, 0.717) is 11.4 Å². The molecule has 3 aromatic rings. The molecule has 0 bridgehead atoms. The minimum atomic E-state index is -4.52. The van der Waals surface area contributed by atoms with Gasteiger partial charge in [-0.05, 0) is 43.5 Å². The van der Waals surface area contributed by atoms with Crippen LogP contribution in [0.1, 0.15) is 50.7 Å². The number of rotatable bonds is 10. The molecule has 0 N–H and O–H groups in total. The molecule has 32 heavy (non-hydrogen) atoms. The van der Waals surface area contributed by atoms with E-state index in [0.717, 1.165) is 48.5 Å². The number of para-hydroxylation sites is 1. The van der Waals surface area contributed by atoms with Gasteiger partial charge in [0.25, 0.3) is 0 Å². The molecule has 1 heterocycles. The van der Waals surface area contributed by atoms with Gasteiger partial charge in [0.15, 0.2) is 0 Å². The lowest BCUT2D eigenvalue weighted by Gasteiger charge is -2.25. The summed E-state index contributed by atoms with van der Waals surface area (Å²) < 4.78 is 40.9. The first-order valence-corrected chi connectivity index (χ1v) is 11.8. The molecule has 0 spiro atoms. The van der Waals surface area contributed by atoms with Crippen molar-refractivity contribution >= 4 is 23.4 Å². The van der Waals surface area contributed by atoms with Crippen molar-refractivity contribution in [3.05, 3.63) is 71.9 Å². The molecule has 0 aliphatic heterocycles. The SMILES string of the molecule is CCCCCCc1ccccc1N(CC)c1ncc(C(F)(F)F)c(Sc2ccccc2)n1. The molecule has 0 saturated carbocycles. The van der Waals surface area contributed by atoms with Gasteiger partial charge in [-0.3, -0.25) is 0 Å². The zero-order valence-corrected chi connectivity index (χ0v) is 19.2. The van der Waals surface area contributed by atoms with E-state index in [1.807, 2.05) is 36.1 Å². The Bertz CT molecular complexity index is 993. The van der Waals surface area contributed by atoms with Crippen LogP contribution in [-0.2, 0) is 12.6 Å². The zero-order chi connectivity index (χ0) is 23.0. The van der Waals surface area contributed by atoms with Crippen molar-refractivity contribution in [3.63, 3.8) is 0 Å². The number of anilines is 2. The van der Waals surface area contributed by atoms with E-state index >= 15 is 0 Å². The number of hydrogen-bond donors (Lipinski definition) is 0. The molecule has 3 rings (SSSR count). The van der Waals surface area contributed by atoms with Crippen molar-refractivity contribution in [2.45, 2.75) is 62.0 Å². The summed E-state index contributed by atoms with van der Waals surface area (Å²) >= 11 is 1.00. The summed E-state index contributed by atoms with van der Waals surface area (Å²) in [6.45, 7) is 4.69. The highest BCUT2D eigenvalue weighted by atomic mass is 32.2. The van der Waals surface area contributed by atoms with E-state index in [4.69, 9.17) is 0 Å². The molecular weight excluding hydrogens is 431 g/mol. The number of hydrogen-bond acceptors (Lipinski definition) is 4. The van der Waals surface area contributed by atoms with Crippen LogP contribution in [0, 0.1) is 0 Å². The number of alkyl halides is 3. The van der Waals surface area contributed by atoms with Crippen molar-refractivity contribution in [1.82, 2.24) is 9.97 Å². The summed E-state index contributed by atoms with van der Waals surface area (Å²) in [6, 6.07) is 17.0. The van der Waals surface area contributed by atoms with Gasteiger partial charge in [0.05, 0.1) is 0 Å². The maximum absolute atomic E-state index is 13.6. The van der Waals surface area contributed by atoms with Crippen molar-refractivity contribution in [2.75, 3.05) is 11.4 Å². The molecule has 0 aliphatic rings. The Balaban J connectivity index is 1.96. The van der Waals surface area contributed by atoms with Crippen molar-refractivity contribution in [1.29, 1.82) is 0 Å². The Morgan fingerprint density at radius 2 is 1.62 bits per heavy atom. The van der Waals surface area contributed by atoms with Crippen LogP contribution in [0.25, 0.3) is 0 Å². The molecule has 0 atom stereocenters. The monoisotopic (exact) mass is 459 g/mol. The third-order valence-electron chi connectivity index (χ3n) is 5.14. The lowest BCUT2D eigenvalue weighted by molar-refractivity contribution is -0.140. The molecule has 7 heteroatoms. The van der Waals surface area contributed by atoms with Crippen LogP contribution in [0.4, 0.5) is 24.8 Å². The van der Waals surface area contributed by atoms with Crippen LogP contribution >= 0.6 is 11.8 Å². The quantitative estimate of drug-likeness (QED) is 0.227. The van der Waals surface area contributed by atoms with Crippen LogP contribution in [0.5, 0.6) is 0 Å². The highest BCUT2D eigenvalue weighted by molar-refractivity contribution is 7.99. The van der Waals surface area contributed by atoms with Crippen LogP contribution < -0.4 is 4.90 Å². The first kappa shape index (κ1) is 24.1. The molecule has 3 nitrogen and oxygen atoms in total. The van der Waals surface area contributed by atoms with Gasteiger partial charge in [-0.15, -0.1) is 0 Å². The molecule has 0 aliphatic carbocycles. The predicted molar refractivity (Wildman–Crippen MR) is 125 cm³/mol. The molecule has 0 amide bonds. The molecule has 2 aromatic carbocycles. The lowest BCUT2D eigenvalue weighted by Crippen LogP contribution is -2.21. The fraction of sp³-hybridized carbons (Fsp3) is 0.360. The molecule has 0 unspecified atom stereocenters. The van der Waals surface area contributed by atoms with E-state index in [9.17, 15) is 13.2 Å². The second-order valence-corrected chi connectivity index (χ2v) is 8.55. The molecule has 170 valence electrons. The lowest BCUT2D eigenvalue weighted by atomic mass is 10.0. The first-order valence-electron chi connectivity index (χ1n) is 11.0. The van der Waals surface area contributed by atoms with Crippen molar-refractivity contribution < 1.29 is 13.2 Å². The minimum absolute atomic E-state index is 0.0902. The molecule has 0 radical (unpaired) electrons. The summed E-state index contributed by atoms with van der Waals surface area (Å²) in [6.07, 6.45) is 1.89. The van der Waals surface area contributed by atoms with Gasteiger partial charge < -0.3 is 4.90 Å². The van der Waals surface area contributed by atoms with Gasteiger partial charge in [-0.1, -0.05) is 74.3 Å². The molecule has 0 saturated heterocycles. The minimum Gasteiger partial charge on any atom is -0.311 e. The normalized spacial score (nSPS) is 11.5. The number of aromatic nitrogens is 2. The third-order valence-corrected chi connectivity index (χ3v) is 6.16.